The van der Waals surface area contributed by atoms with Gasteiger partial charge in [0.15, 0.2) is 5.15 Å². The van der Waals surface area contributed by atoms with E-state index in [0.717, 1.165) is 39.8 Å². The second-order valence-electron chi connectivity index (χ2n) is 13.7. The second-order valence-corrected chi connectivity index (χ2v) is 16.1. The summed E-state index contributed by atoms with van der Waals surface area (Å²) in [4.78, 5) is 10.9. The minimum Gasteiger partial charge on any atom is -0.311 e. The van der Waals surface area contributed by atoms with Gasteiger partial charge in [-0.1, -0.05) is 133 Å². The molecule has 11 aromatic rings. The molecule has 4 aromatic heterocycles. The van der Waals surface area contributed by atoms with E-state index in [1.165, 1.54) is 84.7 Å². The van der Waals surface area contributed by atoms with Gasteiger partial charge < -0.3 is 4.57 Å². The molecule has 6 heteroatoms. The van der Waals surface area contributed by atoms with E-state index in [0.29, 0.717) is 5.15 Å². The molecule has 0 unspecified atom stereocenters. The Hall–Kier alpha value is -5.59. The van der Waals surface area contributed by atoms with Gasteiger partial charge in [0.05, 0.1) is 15.7 Å². The van der Waals surface area contributed by atoms with Crippen LogP contribution in [-0.2, 0) is 0 Å². The molecule has 52 heavy (non-hydrogen) atoms. The first kappa shape index (κ1) is 29.0. The summed E-state index contributed by atoms with van der Waals surface area (Å²) in [5.74, 6) is 0. The average molecular weight is 720 g/mol. The standard InChI is InChI=1S/C46H26ClN3S2/c47-45-39(49-46-40(48-45)33-15-7-8-16-36(33)51-46)27-17-21-28(22-18-27)50-41-29-11-3-1-9-25(29)19-23-34(41)37-31-13-5-6-14-32(31)38-35-24-20-26-10-2-4-12-30(26)43(35)52-44(38)42(37)50/h1-17,19-21,23-24H,18,22H2. The van der Waals surface area contributed by atoms with Crippen LogP contribution in [-0.4, -0.2) is 14.5 Å². The monoisotopic (exact) mass is 719 g/mol. The number of hydrogen-bond donors (Lipinski definition) is 0. The Bertz CT molecular complexity index is 3430. The molecule has 0 radical (unpaired) electrons. The molecule has 244 valence electrons. The highest BCUT2D eigenvalue weighted by molar-refractivity contribution is 7.27. The topological polar surface area (TPSA) is 30.7 Å². The van der Waals surface area contributed by atoms with Crippen molar-refractivity contribution in [3.05, 3.63) is 144 Å². The Balaban J connectivity index is 1.19. The van der Waals surface area contributed by atoms with Gasteiger partial charge in [-0.15, -0.1) is 22.7 Å². The molecule has 0 saturated carbocycles. The number of thiophene rings is 2. The van der Waals surface area contributed by atoms with Crippen molar-refractivity contribution in [1.82, 2.24) is 14.5 Å². The number of aromatic nitrogens is 3. The van der Waals surface area contributed by atoms with Gasteiger partial charge >= 0.3 is 0 Å². The lowest BCUT2D eigenvalue weighted by Crippen LogP contribution is -2.03. The second kappa shape index (κ2) is 10.7. The van der Waals surface area contributed by atoms with Gasteiger partial charge in [0, 0.05) is 47.4 Å². The van der Waals surface area contributed by atoms with E-state index in [4.69, 9.17) is 21.6 Å². The third-order valence-corrected chi connectivity index (χ3v) is 13.6. The summed E-state index contributed by atoms with van der Waals surface area (Å²) in [6.07, 6.45) is 6.19. The first-order valence-corrected chi connectivity index (χ1v) is 19.6. The summed E-state index contributed by atoms with van der Waals surface area (Å²) in [5, 5.41) is 14.5. The van der Waals surface area contributed by atoms with E-state index in [1.807, 2.05) is 17.4 Å². The number of fused-ring (bicyclic) bond motifs is 17. The largest absolute Gasteiger partial charge is 0.311 e. The zero-order valence-electron chi connectivity index (χ0n) is 27.7. The molecule has 0 fully saturated rings. The van der Waals surface area contributed by atoms with Gasteiger partial charge in [-0.05, 0) is 57.5 Å². The maximum Gasteiger partial charge on any atom is 0.155 e. The van der Waals surface area contributed by atoms with Gasteiger partial charge in [-0.25, -0.2) is 9.97 Å². The molecule has 4 heterocycles. The highest BCUT2D eigenvalue weighted by Gasteiger charge is 2.25. The molecule has 0 N–H and O–H groups in total. The first-order valence-electron chi connectivity index (χ1n) is 17.6. The predicted octanol–water partition coefficient (Wildman–Crippen LogP) is 14.2. The van der Waals surface area contributed by atoms with Crippen molar-refractivity contribution in [3.63, 3.8) is 0 Å². The smallest absolute Gasteiger partial charge is 0.155 e. The van der Waals surface area contributed by atoms with Crippen molar-refractivity contribution in [1.29, 1.82) is 0 Å². The number of allylic oxidation sites excluding steroid dienone is 4. The average Bonchev–Trinajstić information content (AvgIpc) is 3.88. The molecular weight excluding hydrogens is 694 g/mol. The Morgan fingerprint density at radius 1 is 0.519 bits per heavy atom. The fourth-order valence-corrected chi connectivity index (χ4v) is 11.4. The van der Waals surface area contributed by atoms with Crippen molar-refractivity contribution >= 4 is 140 Å². The van der Waals surface area contributed by atoms with E-state index in [1.54, 1.807) is 11.3 Å². The van der Waals surface area contributed by atoms with Crippen molar-refractivity contribution < 1.29 is 0 Å². The molecule has 0 aliphatic heterocycles. The highest BCUT2D eigenvalue weighted by Crippen LogP contribution is 2.51. The van der Waals surface area contributed by atoms with Crippen LogP contribution in [0, 0.1) is 0 Å². The van der Waals surface area contributed by atoms with Gasteiger partial charge in [0.25, 0.3) is 0 Å². The molecule has 12 rings (SSSR count). The fraction of sp³-hybridized carbons (Fsp3) is 0.0435. The number of rotatable bonds is 2. The van der Waals surface area contributed by atoms with Gasteiger partial charge in [0.2, 0.25) is 0 Å². The normalized spacial score (nSPS) is 13.9. The zero-order chi connectivity index (χ0) is 34.1. The summed E-state index contributed by atoms with van der Waals surface area (Å²) >= 11 is 10.5. The number of nitrogens with zero attached hydrogens (tertiary/aromatic N) is 3. The number of hydrogen-bond acceptors (Lipinski definition) is 4. The van der Waals surface area contributed by atoms with Gasteiger partial charge in [-0.3, -0.25) is 0 Å². The minimum absolute atomic E-state index is 0.465. The minimum atomic E-state index is 0.465. The predicted molar refractivity (Wildman–Crippen MR) is 226 cm³/mol. The van der Waals surface area contributed by atoms with Crippen LogP contribution < -0.4 is 0 Å². The van der Waals surface area contributed by atoms with Crippen molar-refractivity contribution in [2.75, 3.05) is 0 Å². The Kier molecular flexibility index (Phi) is 5.98. The quantitative estimate of drug-likeness (QED) is 0.178. The third kappa shape index (κ3) is 3.90. The molecule has 1 aliphatic carbocycles. The lowest BCUT2D eigenvalue weighted by molar-refractivity contribution is 0.987. The van der Waals surface area contributed by atoms with Gasteiger partial charge in [-0.2, -0.15) is 0 Å². The molecule has 0 saturated heterocycles. The molecule has 3 nitrogen and oxygen atoms in total. The van der Waals surface area contributed by atoms with Crippen LogP contribution in [0.1, 0.15) is 18.5 Å². The summed E-state index contributed by atoms with van der Waals surface area (Å²) in [6.45, 7) is 0. The van der Waals surface area contributed by atoms with E-state index >= 15 is 0 Å². The zero-order valence-corrected chi connectivity index (χ0v) is 30.0. The lowest BCUT2D eigenvalue weighted by atomic mass is 9.97. The van der Waals surface area contributed by atoms with Crippen LogP contribution in [0.5, 0.6) is 0 Å². The molecule has 0 spiro atoms. The molecule has 1 aliphatic rings. The van der Waals surface area contributed by atoms with Crippen LogP contribution >= 0.6 is 34.3 Å². The molecule has 0 atom stereocenters. The Labute approximate surface area is 310 Å². The number of benzene rings is 7. The van der Waals surface area contributed by atoms with E-state index in [9.17, 15) is 0 Å². The van der Waals surface area contributed by atoms with Crippen molar-refractivity contribution in [2.45, 2.75) is 12.8 Å². The van der Waals surface area contributed by atoms with Crippen LogP contribution in [0.25, 0.3) is 106 Å². The van der Waals surface area contributed by atoms with Crippen molar-refractivity contribution in [3.8, 4) is 0 Å². The summed E-state index contributed by atoms with van der Waals surface area (Å²) in [6, 6.07) is 44.2. The maximum atomic E-state index is 6.92. The summed E-state index contributed by atoms with van der Waals surface area (Å²) in [7, 11) is 0. The van der Waals surface area contributed by atoms with E-state index in [2.05, 4.69) is 132 Å². The number of halogens is 1. The molecule has 0 amide bonds. The first-order chi connectivity index (χ1) is 25.7. The van der Waals surface area contributed by atoms with Crippen LogP contribution in [0.4, 0.5) is 0 Å². The van der Waals surface area contributed by atoms with E-state index in [-0.39, 0.29) is 0 Å². The van der Waals surface area contributed by atoms with Gasteiger partial charge in [0.1, 0.15) is 16.0 Å². The SMILES string of the molecule is Clc1nc2c(nc1C1=CC=C(n3c4c5ccccc5ccc4c4c5ccccc5c5c6ccc7ccccc7c6sc5c43)CC1)sc1ccccc12. The summed E-state index contributed by atoms with van der Waals surface area (Å²) in [5.41, 5.74) is 6.61. The third-order valence-electron chi connectivity index (χ3n) is 11.0. The Morgan fingerprint density at radius 3 is 1.98 bits per heavy atom. The van der Waals surface area contributed by atoms with Crippen LogP contribution in [0.15, 0.2) is 133 Å². The molecule has 7 aromatic carbocycles. The van der Waals surface area contributed by atoms with E-state index < -0.39 is 0 Å². The maximum absolute atomic E-state index is 6.92. The van der Waals surface area contributed by atoms with Crippen molar-refractivity contribution in [2.24, 2.45) is 0 Å². The Morgan fingerprint density at radius 2 is 1.19 bits per heavy atom. The fourth-order valence-electron chi connectivity index (χ4n) is 8.72. The van der Waals surface area contributed by atoms with Crippen LogP contribution in [0.3, 0.4) is 0 Å². The molecular formula is C46H26ClN3S2. The van der Waals surface area contributed by atoms with Crippen LogP contribution in [0.2, 0.25) is 5.15 Å². The highest BCUT2D eigenvalue weighted by atomic mass is 35.5. The molecule has 0 bridgehead atoms. The lowest BCUT2D eigenvalue weighted by Gasteiger charge is -2.19. The summed E-state index contributed by atoms with van der Waals surface area (Å²) < 4.78 is 6.45.